The van der Waals surface area contributed by atoms with Crippen LogP contribution < -0.4 is 5.32 Å². The van der Waals surface area contributed by atoms with E-state index in [9.17, 15) is 13.2 Å². The standard InChI is InChI=1S/C24H28N4O3S/c1-19(20-6-10-22(11-7-20)27-17-14-25-18-27)26-24(29)21-8-12-23(13-9-21)32(30,31)28-15-4-2-3-5-16-28/h6-14,17-19H,2-5,15-16H2,1H3,(H,26,29)/t19-/m1/s1. The fourth-order valence-electron chi connectivity index (χ4n) is 3.92. The molecule has 32 heavy (non-hydrogen) atoms. The first kappa shape index (κ1) is 22.2. The van der Waals surface area contributed by atoms with E-state index in [4.69, 9.17) is 0 Å². The maximum atomic E-state index is 12.9. The Labute approximate surface area is 189 Å². The fraction of sp³-hybridized carbons (Fsp3) is 0.333. The second-order valence-electron chi connectivity index (χ2n) is 8.10. The fourth-order valence-corrected chi connectivity index (χ4v) is 5.44. The number of carbonyl (C=O) groups excluding carboxylic acids is 1. The highest BCUT2D eigenvalue weighted by Crippen LogP contribution is 2.21. The maximum Gasteiger partial charge on any atom is 0.251 e. The SMILES string of the molecule is C[C@@H](NC(=O)c1ccc(S(=O)(=O)N2CCCCCC2)cc1)c1ccc(-n2ccnc2)cc1. The topological polar surface area (TPSA) is 84.3 Å². The van der Waals surface area contributed by atoms with E-state index >= 15 is 0 Å². The third-order valence-electron chi connectivity index (χ3n) is 5.86. The van der Waals surface area contributed by atoms with Crippen LogP contribution >= 0.6 is 0 Å². The number of hydrogen-bond acceptors (Lipinski definition) is 4. The van der Waals surface area contributed by atoms with Crippen LogP contribution in [0.3, 0.4) is 0 Å². The van der Waals surface area contributed by atoms with Gasteiger partial charge in [0.05, 0.1) is 17.3 Å². The van der Waals surface area contributed by atoms with E-state index in [-0.39, 0.29) is 16.8 Å². The number of rotatable bonds is 6. The average Bonchev–Trinajstić information content (AvgIpc) is 3.20. The predicted molar refractivity (Wildman–Crippen MR) is 123 cm³/mol. The van der Waals surface area contributed by atoms with Crippen LogP contribution in [0.5, 0.6) is 0 Å². The molecule has 4 rings (SSSR count). The van der Waals surface area contributed by atoms with E-state index in [1.165, 1.54) is 12.1 Å². The van der Waals surface area contributed by atoms with Crippen LogP contribution in [0.4, 0.5) is 0 Å². The Bertz CT molecular complexity index is 1130. The van der Waals surface area contributed by atoms with Crippen molar-refractivity contribution < 1.29 is 13.2 Å². The van der Waals surface area contributed by atoms with Gasteiger partial charge in [0.2, 0.25) is 10.0 Å². The van der Waals surface area contributed by atoms with E-state index in [2.05, 4.69) is 10.3 Å². The van der Waals surface area contributed by atoms with Gasteiger partial charge in [-0.15, -0.1) is 0 Å². The molecular weight excluding hydrogens is 424 g/mol. The predicted octanol–water partition coefficient (Wildman–Crippen LogP) is 3.93. The van der Waals surface area contributed by atoms with Crippen LogP contribution in [0.1, 0.15) is 54.6 Å². The zero-order valence-corrected chi connectivity index (χ0v) is 19.0. The van der Waals surface area contributed by atoms with Crippen molar-refractivity contribution in [2.45, 2.75) is 43.5 Å². The summed E-state index contributed by atoms with van der Waals surface area (Å²) in [6.07, 6.45) is 9.24. The highest BCUT2D eigenvalue weighted by molar-refractivity contribution is 7.89. The van der Waals surface area contributed by atoms with Gasteiger partial charge in [-0.3, -0.25) is 4.79 Å². The minimum Gasteiger partial charge on any atom is -0.346 e. The number of amides is 1. The van der Waals surface area contributed by atoms with Crippen LogP contribution in [0.2, 0.25) is 0 Å². The molecule has 7 nitrogen and oxygen atoms in total. The number of hydrogen-bond donors (Lipinski definition) is 1. The molecule has 2 heterocycles. The van der Waals surface area contributed by atoms with Crippen molar-refractivity contribution >= 4 is 15.9 Å². The lowest BCUT2D eigenvalue weighted by Gasteiger charge is -2.20. The molecule has 3 aromatic rings. The quantitative estimate of drug-likeness (QED) is 0.614. The molecule has 1 aliphatic heterocycles. The van der Waals surface area contributed by atoms with Crippen molar-refractivity contribution in [1.82, 2.24) is 19.2 Å². The molecule has 0 radical (unpaired) electrons. The van der Waals surface area contributed by atoms with Crippen molar-refractivity contribution in [2.24, 2.45) is 0 Å². The maximum absolute atomic E-state index is 12.9. The van der Waals surface area contributed by atoms with Crippen LogP contribution in [0, 0.1) is 0 Å². The second kappa shape index (κ2) is 9.67. The monoisotopic (exact) mass is 452 g/mol. The van der Waals surface area contributed by atoms with E-state index in [1.807, 2.05) is 42.0 Å². The summed E-state index contributed by atoms with van der Waals surface area (Å²) >= 11 is 0. The Morgan fingerprint density at radius 1 is 0.969 bits per heavy atom. The molecular formula is C24H28N4O3S. The van der Waals surface area contributed by atoms with Crippen LogP contribution in [0.25, 0.3) is 5.69 Å². The molecule has 168 valence electrons. The van der Waals surface area contributed by atoms with Gasteiger partial charge in [-0.25, -0.2) is 13.4 Å². The molecule has 2 aromatic carbocycles. The largest absolute Gasteiger partial charge is 0.346 e. The van der Waals surface area contributed by atoms with Crippen molar-refractivity contribution in [3.63, 3.8) is 0 Å². The number of nitrogens with one attached hydrogen (secondary N) is 1. The Balaban J connectivity index is 1.41. The van der Waals surface area contributed by atoms with Crippen molar-refractivity contribution in [3.8, 4) is 5.69 Å². The highest BCUT2D eigenvalue weighted by atomic mass is 32.2. The van der Waals surface area contributed by atoms with Gasteiger partial charge in [0.25, 0.3) is 5.91 Å². The van der Waals surface area contributed by atoms with Gasteiger partial charge in [0.1, 0.15) is 0 Å². The number of aromatic nitrogens is 2. The van der Waals surface area contributed by atoms with Crippen LogP contribution in [0.15, 0.2) is 72.1 Å². The molecule has 0 bridgehead atoms. The number of benzene rings is 2. The van der Waals surface area contributed by atoms with E-state index in [1.54, 1.807) is 29.0 Å². The molecule has 1 amide bonds. The van der Waals surface area contributed by atoms with Crippen molar-refractivity contribution in [2.75, 3.05) is 13.1 Å². The van der Waals surface area contributed by atoms with Gasteiger partial charge in [0, 0.05) is 36.7 Å². The molecule has 0 aliphatic carbocycles. The second-order valence-corrected chi connectivity index (χ2v) is 10.0. The smallest absolute Gasteiger partial charge is 0.251 e. The van der Waals surface area contributed by atoms with Gasteiger partial charge in [-0.05, 0) is 61.7 Å². The Morgan fingerprint density at radius 3 is 2.22 bits per heavy atom. The lowest BCUT2D eigenvalue weighted by atomic mass is 10.1. The van der Waals surface area contributed by atoms with Crippen molar-refractivity contribution in [1.29, 1.82) is 0 Å². The highest BCUT2D eigenvalue weighted by Gasteiger charge is 2.25. The van der Waals surface area contributed by atoms with Gasteiger partial charge in [-0.2, -0.15) is 4.31 Å². The molecule has 0 unspecified atom stereocenters. The number of imidazole rings is 1. The zero-order valence-electron chi connectivity index (χ0n) is 18.1. The summed E-state index contributed by atoms with van der Waals surface area (Å²) in [4.78, 5) is 17.0. The average molecular weight is 453 g/mol. The summed E-state index contributed by atoms with van der Waals surface area (Å²) < 4.78 is 29.3. The third kappa shape index (κ3) is 4.92. The first-order valence-electron chi connectivity index (χ1n) is 10.9. The minimum atomic E-state index is -3.52. The number of carbonyl (C=O) groups is 1. The Kier molecular flexibility index (Phi) is 6.72. The minimum absolute atomic E-state index is 0.195. The molecule has 1 aromatic heterocycles. The zero-order chi connectivity index (χ0) is 22.6. The molecule has 0 spiro atoms. The first-order chi connectivity index (χ1) is 15.4. The van der Waals surface area contributed by atoms with Gasteiger partial charge in [-0.1, -0.05) is 25.0 Å². The third-order valence-corrected chi connectivity index (χ3v) is 7.78. The normalized spacial score (nSPS) is 16.3. The van der Waals surface area contributed by atoms with Crippen LogP contribution in [-0.2, 0) is 10.0 Å². The summed E-state index contributed by atoms with van der Waals surface area (Å²) in [6.45, 7) is 3.03. The van der Waals surface area contributed by atoms with Crippen LogP contribution in [-0.4, -0.2) is 41.3 Å². The van der Waals surface area contributed by atoms with E-state index in [0.717, 1.165) is 36.9 Å². The molecule has 1 aliphatic rings. The Hall–Kier alpha value is -2.97. The molecule has 1 fully saturated rings. The van der Waals surface area contributed by atoms with E-state index < -0.39 is 10.0 Å². The summed E-state index contributed by atoms with van der Waals surface area (Å²) in [7, 11) is -3.52. The molecule has 1 saturated heterocycles. The number of sulfonamides is 1. The lowest BCUT2D eigenvalue weighted by molar-refractivity contribution is 0.0939. The van der Waals surface area contributed by atoms with Gasteiger partial charge in [0.15, 0.2) is 0 Å². The summed E-state index contributed by atoms with van der Waals surface area (Å²) in [6, 6.07) is 13.9. The van der Waals surface area contributed by atoms with Crippen molar-refractivity contribution in [3.05, 3.63) is 78.4 Å². The summed E-state index contributed by atoms with van der Waals surface area (Å²) in [5.74, 6) is -0.241. The summed E-state index contributed by atoms with van der Waals surface area (Å²) in [5.41, 5.74) is 2.40. The first-order valence-corrected chi connectivity index (χ1v) is 12.4. The summed E-state index contributed by atoms with van der Waals surface area (Å²) in [5, 5.41) is 2.98. The van der Waals surface area contributed by atoms with Gasteiger partial charge < -0.3 is 9.88 Å². The van der Waals surface area contributed by atoms with E-state index in [0.29, 0.717) is 18.7 Å². The molecule has 1 atom stereocenters. The Morgan fingerprint density at radius 2 is 1.62 bits per heavy atom. The lowest BCUT2D eigenvalue weighted by Crippen LogP contribution is -2.32. The van der Waals surface area contributed by atoms with Gasteiger partial charge >= 0.3 is 0 Å². The number of nitrogens with zero attached hydrogens (tertiary/aromatic N) is 3. The molecule has 0 saturated carbocycles. The molecule has 1 N–H and O–H groups in total. The molecule has 8 heteroatoms.